The summed E-state index contributed by atoms with van der Waals surface area (Å²) in [5.41, 5.74) is 4.48. The second-order valence-electron chi connectivity index (χ2n) is 8.09. The van der Waals surface area contributed by atoms with Crippen molar-refractivity contribution in [2.75, 3.05) is 13.2 Å². The molecular weight excluding hydrogens is 451 g/mol. The Hall–Kier alpha value is -2.36. The molecule has 3 aromatic carbocycles. The maximum Gasteiger partial charge on any atom is 0.140 e. The first-order valence-corrected chi connectivity index (χ1v) is 12.0. The molecule has 0 fully saturated rings. The molecule has 0 radical (unpaired) electrons. The van der Waals surface area contributed by atoms with Crippen LogP contribution in [0, 0.1) is 0 Å². The number of hydrogen-bond acceptors (Lipinski definition) is 2. The minimum Gasteiger partial charge on any atom is -0.369 e. The molecule has 0 saturated carbocycles. The third-order valence-electron chi connectivity index (χ3n) is 5.60. The summed E-state index contributed by atoms with van der Waals surface area (Å²) in [5, 5.41) is 0. The van der Waals surface area contributed by atoms with Crippen LogP contribution in [0.2, 0.25) is 0 Å². The van der Waals surface area contributed by atoms with Crippen LogP contribution in [0.3, 0.4) is 0 Å². The summed E-state index contributed by atoms with van der Waals surface area (Å²) in [4.78, 5) is 0. The molecule has 33 heavy (non-hydrogen) atoms. The molecule has 4 heteroatoms. The van der Waals surface area contributed by atoms with Gasteiger partial charge in [0.25, 0.3) is 0 Å². The summed E-state index contributed by atoms with van der Waals surface area (Å²) in [6, 6.07) is 30.9. The predicted octanol–water partition coefficient (Wildman–Crippen LogP) is 8.00. The number of ether oxygens (including phenoxy) is 2. The topological polar surface area (TPSA) is 18.5 Å². The Labute approximate surface area is 206 Å². The molecule has 0 amide bonds. The van der Waals surface area contributed by atoms with Crippen LogP contribution >= 0.6 is 23.2 Å². The number of rotatable bonds is 10. The molecule has 0 N–H and O–H groups in total. The lowest BCUT2D eigenvalue weighted by Crippen LogP contribution is -2.16. The zero-order chi connectivity index (χ0) is 22.9. The van der Waals surface area contributed by atoms with Gasteiger partial charge in [0.2, 0.25) is 0 Å². The Kier molecular flexibility index (Phi) is 8.41. The molecule has 2 nitrogen and oxygen atoms in total. The van der Waals surface area contributed by atoms with E-state index in [-0.39, 0.29) is 12.2 Å². The van der Waals surface area contributed by atoms with Crippen molar-refractivity contribution < 1.29 is 9.47 Å². The molecule has 1 unspecified atom stereocenters. The van der Waals surface area contributed by atoms with E-state index in [0.29, 0.717) is 19.6 Å². The van der Waals surface area contributed by atoms with Crippen molar-refractivity contribution in [2.45, 2.75) is 29.4 Å². The largest absolute Gasteiger partial charge is 0.369 e. The maximum atomic E-state index is 6.34. The van der Waals surface area contributed by atoms with E-state index >= 15 is 0 Å². The maximum absolute atomic E-state index is 6.34. The van der Waals surface area contributed by atoms with Crippen LogP contribution in [0.1, 0.15) is 41.7 Å². The molecule has 3 aromatic rings. The quantitative estimate of drug-likeness (QED) is 0.217. The van der Waals surface area contributed by atoms with E-state index in [1.165, 1.54) is 0 Å². The fourth-order valence-electron chi connectivity index (χ4n) is 3.92. The molecule has 0 spiro atoms. The van der Waals surface area contributed by atoms with Crippen LogP contribution in [0.4, 0.5) is 0 Å². The van der Waals surface area contributed by atoms with Crippen molar-refractivity contribution in [1.29, 1.82) is 0 Å². The third kappa shape index (κ3) is 6.82. The van der Waals surface area contributed by atoms with Gasteiger partial charge in [0.05, 0.1) is 13.2 Å². The Morgan fingerprint density at radius 1 is 0.667 bits per heavy atom. The lowest BCUT2D eigenvalue weighted by Gasteiger charge is -2.25. The minimum absolute atomic E-state index is 0.0955. The first kappa shape index (κ1) is 23.8. The number of allylic oxidation sites excluding steroid dienone is 2. The highest BCUT2D eigenvalue weighted by atomic mass is 35.5. The van der Waals surface area contributed by atoms with Crippen LogP contribution < -0.4 is 0 Å². The van der Waals surface area contributed by atoms with Crippen LogP contribution in [0.5, 0.6) is 0 Å². The molecule has 0 aliphatic heterocycles. The van der Waals surface area contributed by atoms with E-state index in [2.05, 4.69) is 42.5 Å². The van der Waals surface area contributed by atoms with Crippen LogP contribution in [-0.4, -0.2) is 17.5 Å². The molecule has 0 aromatic heterocycles. The summed E-state index contributed by atoms with van der Waals surface area (Å²) >= 11 is 12.5. The van der Waals surface area contributed by atoms with Crippen LogP contribution in [-0.2, 0) is 9.47 Å². The molecular formula is C29H28Cl2O2. The summed E-state index contributed by atoms with van der Waals surface area (Å²) in [6.07, 6.45) is 6.96. The average molecular weight is 479 g/mol. The van der Waals surface area contributed by atoms with Gasteiger partial charge in [-0.3, -0.25) is 0 Å². The van der Waals surface area contributed by atoms with Crippen LogP contribution in [0.25, 0.3) is 0 Å². The van der Waals surface area contributed by atoms with Gasteiger partial charge in [-0.1, -0.05) is 126 Å². The van der Waals surface area contributed by atoms with Crippen molar-refractivity contribution in [3.8, 4) is 0 Å². The van der Waals surface area contributed by atoms with Gasteiger partial charge < -0.3 is 9.47 Å². The van der Waals surface area contributed by atoms with E-state index in [1.54, 1.807) is 0 Å². The standard InChI is InChI=1S/C29H28Cl2O2/c30-29(31)19-17-26(18-20-29)28(25-15-8-3-9-16-25)33-22-10-21-32-27(23-11-4-1-5-12-23)24-13-6-2-7-14-24/h1-9,11-19,27-28H,10,20-22H2. The van der Waals surface area contributed by atoms with E-state index < -0.39 is 4.33 Å². The molecule has 1 atom stereocenters. The molecule has 170 valence electrons. The van der Waals surface area contributed by atoms with E-state index in [1.807, 2.05) is 66.7 Å². The van der Waals surface area contributed by atoms with E-state index in [9.17, 15) is 0 Å². The molecule has 1 aliphatic rings. The highest BCUT2D eigenvalue weighted by molar-refractivity contribution is 6.50. The Bertz CT molecular complexity index is 1010. The van der Waals surface area contributed by atoms with Gasteiger partial charge in [0.1, 0.15) is 16.5 Å². The SMILES string of the molecule is ClC1(Cl)C=CC(C(OCCCOC(c2ccccc2)c2ccccc2)c2ccccc2)=CC1. The zero-order valence-corrected chi connectivity index (χ0v) is 20.0. The smallest absolute Gasteiger partial charge is 0.140 e. The van der Waals surface area contributed by atoms with Gasteiger partial charge >= 0.3 is 0 Å². The zero-order valence-electron chi connectivity index (χ0n) is 18.4. The van der Waals surface area contributed by atoms with Crippen molar-refractivity contribution in [2.24, 2.45) is 0 Å². The van der Waals surface area contributed by atoms with E-state index in [4.69, 9.17) is 32.7 Å². The highest BCUT2D eigenvalue weighted by Crippen LogP contribution is 2.37. The summed E-state index contributed by atoms with van der Waals surface area (Å²) < 4.78 is 11.8. The second-order valence-corrected chi connectivity index (χ2v) is 9.63. The number of halogens is 2. The summed E-state index contributed by atoms with van der Waals surface area (Å²) in [7, 11) is 0. The minimum atomic E-state index is -0.845. The molecule has 1 aliphatic carbocycles. The van der Waals surface area contributed by atoms with Gasteiger partial charge in [0.15, 0.2) is 0 Å². The number of alkyl halides is 2. The third-order valence-corrected chi connectivity index (χ3v) is 6.16. The van der Waals surface area contributed by atoms with Gasteiger partial charge in [-0.2, -0.15) is 0 Å². The molecule has 0 saturated heterocycles. The molecule has 4 rings (SSSR count). The van der Waals surface area contributed by atoms with Crippen molar-refractivity contribution in [3.63, 3.8) is 0 Å². The van der Waals surface area contributed by atoms with Crippen molar-refractivity contribution >= 4 is 23.2 Å². The fourth-order valence-corrected chi connectivity index (χ4v) is 4.20. The predicted molar refractivity (Wildman–Crippen MR) is 137 cm³/mol. The Morgan fingerprint density at radius 3 is 1.58 bits per heavy atom. The lowest BCUT2D eigenvalue weighted by molar-refractivity contribution is 0.0335. The Morgan fingerprint density at radius 2 is 1.12 bits per heavy atom. The first-order chi connectivity index (χ1) is 16.1. The van der Waals surface area contributed by atoms with Crippen molar-refractivity contribution in [1.82, 2.24) is 0 Å². The first-order valence-electron chi connectivity index (χ1n) is 11.3. The molecule has 0 heterocycles. The normalized spacial score (nSPS) is 15.9. The van der Waals surface area contributed by atoms with E-state index in [0.717, 1.165) is 28.7 Å². The lowest BCUT2D eigenvalue weighted by atomic mass is 9.96. The average Bonchev–Trinajstić information content (AvgIpc) is 2.86. The van der Waals surface area contributed by atoms with Gasteiger partial charge in [-0.15, -0.1) is 0 Å². The Balaban J connectivity index is 1.37. The van der Waals surface area contributed by atoms with Gasteiger partial charge in [0, 0.05) is 6.42 Å². The second kappa shape index (κ2) is 11.7. The monoisotopic (exact) mass is 478 g/mol. The van der Waals surface area contributed by atoms with Crippen LogP contribution in [0.15, 0.2) is 115 Å². The van der Waals surface area contributed by atoms with Gasteiger partial charge in [-0.25, -0.2) is 0 Å². The number of benzene rings is 3. The number of hydrogen-bond donors (Lipinski definition) is 0. The highest BCUT2D eigenvalue weighted by Gasteiger charge is 2.25. The fraction of sp³-hybridized carbons (Fsp3) is 0.241. The summed E-state index contributed by atoms with van der Waals surface area (Å²) in [6.45, 7) is 1.17. The van der Waals surface area contributed by atoms with Crippen molar-refractivity contribution in [3.05, 3.63) is 131 Å². The van der Waals surface area contributed by atoms with Gasteiger partial charge in [-0.05, 0) is 34.8 Å². The molecule has 0 bridgehead atoms. The summed E-state index contributed by atoms with van der Waals surface area (Å²) in [5.74, 6) is 0.